The fraction of sp³-hybridized carbons (Fsp3) is 0.688. The maximum absolute atomic E-state index is 12.2. The van der Waals surface area contributed by atoms with Crippen molar-refractivity contribution >= 4 is 5.91 Å². The second-order valence-electron chi connectivity index (χ2n) is 6.24. The van der Waals surface area contributed by atoms with Crippen molar-refractivity contribution in [1.29, 1.82) is 0 Å². The lowest BCUT2D eigenvalue weighted by Crippen LogP contribution is -2.46. The van der Waals surface area contributed by atoms with E-state index in [0.717, 1.165) is 45.7 Å². The number of aromatic nitrogens is 2. The zero-order valence-corrected chi connectivity index (χ0v) is 13.5. The summed E-state index contributed by atoms with van der Waals surface area (Å²) in [7, 11) is 1.52. The molecule has 1 atom stereocenters. The first kappa shape index (κ1) is 16.1. The smallest absolute Gasteiger partial charge is 0.272 e. The molecule has 2 saturated heterocycles. The Labute approximate surface area is 136 Å². The van der Waals surface area contributed by atoms with E-state index in [-0.39, 0.29) is 11.9 Å². The van der Waals surface area contributed by atoms with Crippen LogP contribution >= 0.6 is 0 Å². The lowest BCUT2D eigenvalue weighted by atomic mass is 10.0. The number of rotatable bonds is 5. The normalized spacial score (nSPS) is 22.9. The van der Waals surface area contributed by atoms with Crippen LogP contribution in [0.15, 0.2) is 12.1 Å². The summed E-state index contributed by atoms with van der Waals surface area (Å²) in [5, 5.41) is 10.8. The van der Waals surface area contributed by atoms with Gasteiger partial charge in [-0.3, -0.25) is 4.79 Å². The lowest BCUT2D eigenvalue weighted by Gasteiger charge is -2.33. The fourth-order valence-corrected chi connectivity index (χ4v) is 3.16. The molecule has 1 amide bonds. The van der Waals surface area contributed by atoms with Crippen molar-refractivity contribution in [2.24, 2.45) is 5.92 Å². The highest BCUT2D eigenvalue weighted by atomic mass is 16.5. The molecule has 7 heteroatoms. The second-order valence-corrected chi connectivity index (χ2v) is 6.24. The molecule has 1 unspecified atom stereocenters. The van der Waals surface area contributed by atoms with Crippen LogP contribution in [0, 0.1) is 5.92 Å². The van der Waals surface area contributed by atoms with E-state index in [1.807, 2.05) is 0 Å². The molecule has 2 aliphatic heterocycles. The third kappa shape index (κ3) is 4.39. The summed E-state index contributed by atoms with van der Waals surface area (Å²) in [6, 6.07) is 3.49. The summed E-state index contributed by atoms with van der Waals surface area (Å²) < 4.78 is 10.4. The minimum Gasteiger partial charge on any atom is -0.480 e. The zero-order valence-electron chi connectivity index (χ0n) is 13.5. The highest BCUT2D eigenvalue weighted by Crippen LogP contribution is 2.18. The number of hydrogen-bond donors (Lipinski definition) is 1. The molecular weight excluding hydrogens is 296 g/mol. The van der Waals surface area contributed by atoms with Crippen LogP contribution in [0.2, 0.25) is 0 Å². The van der Waals surface area contributed by atoms with Crippen LogP contribution < -0.4 is 10.1 Å². The summed E-state index contributed by atoms with van der Waals surface area (Å²) in [5.74, 6) is 0.921. The Hall–Kier alpha value is -1.73. The maximum atomic E-state index is 12.2. The van der Waals surface area contributed by atoms with Crippen molar-refractivity contribution in [1.82, 2.24) is 20.4 Å². The monoisotopic (exact) mass is 320 g/mol. The maximum Gasteiger partial charge on any atom is 0.272 e. The third-order valence-electron chi connectivity index (χ3n) is 4.55. The van der Waals surface area contributed by atoms with Gasteiger partial charge >= 0.3 is 0 Å². The van der Waals surface area contributed by atoms with E-state index >= 15 is 0 Å². The Morgan fingerprint density at radius 3 is 2.78 bits per heavy atom. The molecule has 1 N–H and O–H groups in total. The van der Waals surface area contributed by atoms with Crippen molar-refractivity contribution in [3.8, 4) is 5.88 Å². The van der Waals surface area contributed by atoms with E-state index in [1.54, 1.807) is 12.1 Å². The van der Waals surface area contributed by atoms with Crippen molar-refractivity contribution < 1.29 is 14.3 Å². The SMILES string of the molecule is COc1ccc(C(=O)NC2CCN(CC3CCOC3)CC2)nn1. The van der Waals surface area contributed by atoms with Gasteiger partial charge in [0.15, 0.2) is 5.69 Å². The molecule has 0 spiro atoms. The molecule has 3 heterocycles. The average Bonchev–Trinajstić information content (AvgIpc) is 3.10. The van der Waals surface area contributed by atoms with Gasteiger partial charge < -0.3 is 19.7 Å². The molecule has 0 saturated carbocycles. The number of methoxy groups -OCH3 is 1. The third-order valence-corrected chi connectivity index (χ3v) is 4.55. The molecule has 0 aromatic carbocycles. The molecule has 3 rings (SSSR count). The molecule has 126 valence electrons. The topological polar surface area (TPSA) is 76.6 Å². The van der Waals surface area contributed by atoms with Crippen LogP contribution in [0.25, 0.3) is 0 Å². The zero-order chi connectivity index (χ0) is 16.1. The van der Waals surface area contributed by atoms with Gasteiger partial charge in [-0.05, 0) is 31.2 Å². The molecule has 0 bridgehead atoms. The lowest BCUT2D eigenvalue weighted by molar-refractivity contribution is 0.0897. The molecule has 1 aromatic heterocycles. The van der Waals surface area contributed by atoms with Gasteiger partial charge in [0.25, 0.3) is 5.91 Å². The number of ether oxygens (including phenoxy) is 2. The molecule has 0 aliphatic carbocycles. The highest BCUT2D eigenvalue weighted by Gasteiger charge is 2.25. The van der Waals surface area contributed by atoms with E-state index in [0.29, 0.717) is 17.5 Å². The van der Waals surface area contributed by atoms with Gasteiger partial charge in [-0.2, -0.15) is 0 Å². The van der Waals surface area contributed by atoms with Gasteiger partial charge in [-0.25, -0.2) is 0 Å². The molecule has 7 nitrogen and oxygen atoms in total. The first-order chi connectivity index (χ1) is 11.2. The van der Waals surface area contributed by atoms with E-state index < -0.39 is 0 Å². The number of amides is 1. The summed E-state index contributed by atoms with van der Waals surface area (Å²) in [6.45, 7) is 4.96. The Morgan fingerprint density at radius 2 is 2.17 bits per heavy atom. The summed E-state index contributed by atoms with van der Waals surface area (Å²) in [5.41, 5.74) is 0.330. The largest absolute Gasteiger partial charge is 0.480 e. The van der Waals surface area contributed by atoms with E-state index in [2.05, 4.69) is 20.4 Å². The van der Waals surface area contributed by atoms with Gasteiger partial charge in [0, 0.05) is 38.3 Å². The number of likely N-dealkylation sites (tertiary alicyclic amines) is 1. The van der Waals surface area contributed by atoms with Gasteiger partial charge in [0.1, 0.15) is 0 Å². The van der Waals surface area contributed by atoms with Crippen molar-refractivity contribution in [3.63, 3.8) is 0 Å². The van der Waals surface area contributed by atoms with E-state index in [1.165, 1.54) is 13.5 Å². The van der Waals surface area contributed by atoms with Gasteiger partial charge in [0.2, 0.25) is 5.88 Å². The Kier molecular flexibility index (Phi) is 5.40. The summed E-state index contributed by atoms with van der Waals surface area (Å²) in [6.07, 6.45) is 3.12. The number of carbonyl (C=O) groups is 1. The quantitative estimate of drug-likeness (QED) is 0.861. The Morgan fingerprint density at radius 1 is 1.35 bits per heavy atom. The van der Waals surface area contributed by atoms with Crippen molar-refractivity contribution in [2.75, 3.05) is 40.0 Å². The average molecular weight is 320 g/mol. The van der Waals surface area contributed by atoms with Crippen LogP contribution in [0.5, 0.6) is 5.88 Å². The van der Waals surface area contributed by atoms with Crippen LogP contribution in [-0.2, 0) is 4.74 Å². The Bertz CT molecular complexity index is 509. The molecule has 0 radical (unpaired) electrons. The van der Waals surface area contributed by atoms with Gasteiger partial charge in [-0.15, -0.1) is 10.2 Å². The fourth-order valence-electron chi connectivity index (χ4n) is 3.16. The minimum atomic E-state index is -0.164. The molecule has 2 aliphatic rings. The predicted octanol–water partition coefficient (Wildman–Crippen LogP) is 0.716. The number of carbonyl (C=O) groups excluding carboxylic acids is 1. The first-order valence-corrected chi connectivity index (χ1v) is 8.23. The number of nitrogens with one attached hydrogen (secondary N) is 1. The predicted molar refractivity (Wildman–Crippen MR) is 84.4 cm³/mol. The molecule has 23 heavy (non-hydrogen) atoms. The van der Waals surface area contributed by atoms with Crippen molar-refractivity contribution in [3.05, 3.63) is 17.8 Å². The standard InChI is InChI=1S/C16H24N4O3/c1-22-15-3-2-14(18-19-15)16(21)17-13-4-7-20(8-5-13)10-12-6-9-23-11-12/h2-3,12-13H,4-11H2,1H3,(H,17,21). The number of piperidine rings is 1. The molecular formula is C16H24N4O3. The minimum absolute atomic E-state index is 0.164. The highest BCUT2D eigenvalue weighted by molar-refractivity contribution is 5.92. The Balaban J connectivity index is 1.43. The molecule has 2 fully saturated rings. The second kappa shape index (κ2) is 7.70. The van der Waals surface area contributed by atoms with Gasteiger partial charge in [-0.1, -0.05) is 0 Å². The number of hydrogen-bond acceptors (Lipinski definition) is 6. The van der Waals surface area contributed by atoms with E-state index in [9.17, 15) is 4.79 Å². The van der Waals surface area contributed by atoms with E-state index in [4.69, 9.17) is 9.47 Å². The van der Waals surface area contributed by atoms with Crippen LogP contribution in [0.1, 0.15) is 29.8 Å². The summed E-state index contributed by atoms with van der Waals surface area (Å²) >= 11 is 0. The molecule has 1 aromatic rings. The van der Waals surface area contributed by atoms with Crippen LogP contribution in [-0.4, -0.2) is 67.0 Å². The van der Waals surface area contributed by atoms with Crippen LogP contribution in [0.3, 0.4) is 0 Å². The first-order valence-electron chi connectivity index (χ1n) is 8.23. The summed E-state index contributed by atoms with van der Waals surface area (Å²) in [4.78, 5) is 14.7. The van der Waals surface area contributed by atoms with Crippen LogP contribution in [0.4, 0.5) is 0 Å². The van der Waals surface area contributed by atoms with Crippen molar-refractivity contribution in [2.45, 2.75) is 25.3 Å². The van der Waals surface area contributed by atoms with Gasteiger partial charge in [0.05, 0.1) is 13.7 Å². The number of nitrogens with zero attached hydrogens (tertiary/aromatic N) is 3.